The number of ether oxygens (including phenoxy) is 1. The largest absolute Gasteiger partial charge is 0.468 e. The van der Waals surface area contributed by atoms with Crippen LogP contribution in [0.2, 0.25) is 0 Å². The number of rotatable bonds is 6. The van der Waals surface area contributed by atoms with Gasteiger partial charge >= 0.3 is 5.97 Å². The molecule has 0 radical (unpaired) electrons. The summed E-state index contributed by atoms with van der Waals surface area (Å²) in [5, 5.41) is 3.20. The zero-order valence-corrected chi connectivity index (χ0v) is 8.58. The lowest BCUT2D eigenvalue weighted by Crippen LogP contribution is -2.39. The highest BCUT2D eigenvalue weighted by molar-refractivity contribution is 5.76. The first-order valence-electron chi connectivity index (χ1n) is 5.04. The Hall–Kier alpha value is -1.01. The average Bonchev–Trinajstić information content (AvgIpc) is 3.01. The molecule has 1 unspecified atom stereocenters. The quantitative estimate of drug-likeness (QED) is 0.389. The SMILES string of the molecule is C#CCCCNC(C(=O)OC)C1CC1. The van der Waals surface area contributed by atoms with E-state index in [1.807, 2.05) is 0 Å². The van der Waals surface area contributed by atoms with Gasteiger partial charge in [-0.15, -0.1) is 12.3 Å². The molecule has 1 atom stereocenters. The standard InChI is InChI=1S/C11H17NO2/c1-3-4-5-8-12-10(9-6-7-9)11(13)14-2/h1,9-10,12H,4-8H2,2H3. The summed E-state index contributed by atoms with van der Waals surface area (Å²) in [6, 6.07) is -0.113. The van der Waals surface area contributed by atoms with Gasteiger partial charge in [-0.3, -0.25) is 4.79 Å². The summed E-state index contributed by atoms with van der Waals surface area (Å²) < 4.78 is 4.73. The Labute approximate surface area is 85.2 Å². The van der Waals surface area contributed by atoms with E-state index in [0.29, 0.717) is 5.92 Å². The topological polar surface area (TPSA) is 38.3 Å². The van der Waals surface area contributed by atoms with Gasteiger partial charge in [0.15, 0.2) is 0 Å². The van der Waals surface area contributed by atoms with Crippen molar-refractivity contribution >= 4 is 5.97 Å². The van der Waals surface area contributed by atoms with E-state index in [2.05, 4.69) is 11.2 Å². The van der Waals surface area contributed by atoms with Crippen molar-refractivity contribution in [3.05, 3.63) is 0 Å². The van der Waals surface area contributed by atoms with E-state index in [1.54, 1.807) is 0 Å². The molecule has 0 spiro atoms. The molecule has 0 aliphatic heterocycles. The van der Waals surface area contributed by atoms with Crippen molar-refractivity contribution in [2.75, 3.05) is 13.7 Å². The number of hydrogen-bond acceptors (Lipinski definition) is 3. The van der Waals surface area contributed by atoms with E-state index in [4.69, 9.17) is 11.2 Å². The molecule has 14 heavy (non-hydrogen) atoms. The minimum Gasteiger partial charge on any atom is -0.468 e. The number of hydrogen-bond donors (Lipinski definition) is 1. The first-order chi connectivity index (χ1) is 6.79. The van der Waals surface area contributed by atoms with Crippen molar-refractivity contribution in [2.45, 2.75) is 31.7 Å². The fraction of sp³-hybridized carbons (Fsp3) is 0.727. The van der Waals surface area contributed by atoms with Crippen LogP contribution in [0.1, 0.15) is 25.7 Å². The second-order valence-corrected chi connectivity index (χ2v) is 3.60. The molecule has 0 bridgehead atoms. The van der Waals surface area contributed by atoms with Crippen LogP contribution in [-0.4, -0.2) is 25.7 Å². The lowest BCUT2D eigenvalue weighted by molar-refractivity contribution is -0.143. The van der Waals surface area contributed by atoms with Gasteiger partial charge in [0.2, 0.25) is 0 Å². The van der Waals surface area contributed by atoms with Gasteiger partial charge < -0.3 is 10.1 Å². The van der Waals surface area contributed by atoms with Gasteiger partial charge in [-0.05, 0) is 31.7 Å². The Bertz CT molecular complexity index is 228. The van der Waals surface area contributed by atoms with Crippen molar-refractivity contribution in [3.63, 3.8) is 0 Å². The van der Waals surface area contributed by atoms with E-state index in [9.17, 15) is 4.79 Å². The monoisotopic (exact) mass is 195 g/mol. The van der Waals surface area contributed by atoms with Gasteiger partial charge in [-0.2, -0.15) is 0 Å². The molecule has 3 nitrogen and oxygen atoms in total. The number of unbranched alkanes of at least 4 members (excludes halogenated alkanes) is 1. The van der Waals surface area contributed by atoms with Crippen LogP contribution in [0.25, 0.3) is 0 Å². The van der Waals surface area contributed by atoms with Crippen LogP contribution in [0, 0.1) is 18.3 Å². The van der Waals surface area contributed by atoms with Crippen molar-refractivity contribution in [2.24, 2.45) is 5.92 Å². The average molecular weight is 195 g/mol. The fourth-order valence-corrected chi connectivity index (χ4v) is 1.45. The van der Waals surface area contributed by atoms with Crippen molar-refractivity contribution in [1.82, 2.24) is 5.32 Å². The zero-order chi connectivity index (χ0) is 10.4. The molecule has 78 valence electrons. The summed E-state index contributed by atoms with van der Waals surface area (Å²) >= 11 is 0. The van der Waals surface area contributed by atoms with Crippen LogP contribution in [-0.2, 0) is 9.53 Å². The molecule has 0 heterocycles. The Balaban J connectivity index is 2.22. The molecular weight excluding hydrogens is 178 g/mol. The van der Waals surface area contributed by atoms with Crippen LogP contribution in [0.3, 0.4) is 0 Å². The minimum atomic E-state index is -0.145. The normalized spacial score (nSPS) is 17.1. The third-order valence-corrected chi connectivity index (χ3v) is 2.41. The van der Waals surface area contributed by atoms with Gasteiger partial charge in [0.1, 0.15) is 6.04 Å². The van der Waals surface area contributed by atoms with Crippen LogP contribution in [0.15, 0.2) is 0 Å². The fourth-order valence-electron chi connectivity index (χ4n) is 1.45. The molecule has 0 amide bonds. The maximum atomic E-state index is 11.3. The highest BCUT2D eigenvalue weighted by Gasteiger charge is 2.36. The molecule has 0 aromatic heterocycles. The molecule has 1 aliphatic rings. The second kappa shape index (κ2) is 5.66. The van der Waals surface area contributed by atoms with E-state index in [-0.39, 0.29) is 12.0 Å². The first-order valence-corrected chi connectivity index (χ1v) is 5.04. The molecule has 0 aromatic rings. The van der Waals surface area contributed by atoms with E-state index in [0.717, 1.165) is 32.2 Å². The number of carbonyl (C=O) groups excluding carboxylic acids is 1. The molecule has 3 heteroatoms. The maximum Gasteiger partial charge on any atom is 0.323 e. The molecule has 0 saturated heterocycles. The van der Waals surface area contributed by atoms with Gasteiger partial charge in [-0.1, -0.05) is 0 Å². The zero-order valence-electron chi connectivity index (χ0n) is 8.58. The predicted octanol–water partition coefficient (Wildman–Crippen LogP) is 0.941. The highest BCUT2D eigenvalue weighted by Crippen LogP contribution is 2.33. The van der Waals surface area contributed by atoms with Gasteiger partial charge in [0.05, 0.1) is 7.11 Å². The number of carbonyl (C=O) groups is 1. The Kier molecular flexibility index (Phi) is 4.48. The lowest BCUT2D eigenvalue weighted by Gasteiger charge is -2.14. The van der Waals surface area contributed by atoms with Crippen LogP contribution < -0.4 is 5.32 Å². The van der Waals surface area contributed by atoms with Crippen molar-refractivity contribution in [1.29, 1.82) is 0 Å². The van der Waals surface area contributed by atoms with E-state index in [1.165, 1.54) is 7.11 Å². The Morgan fingerprint density at radius 1 is 1.71 bits per heavy atom. The van der Waals surface area contributed by atoms with E-state index < -0.39 is 0 Å². The first kappa shape index (κ1) is 11.1. The molecule has 1 fully saturated rings. The maximum absolute atomic E-state index is 11.3. The summed E-state index contributed by atoms with van der Waals surface area (Å²) in [7, 11) is 1.43. The van der Waals surface area contributed by atoms with Crippen LogP contribution in [0.5, 0.6) is 0 Å². The third-order valence-electron chi connectivity index (χ3n) is 2.41. The number of nitrogens with one attached hydrogen (secondary N) is 1. The predicted molar refractivity (Wildman–Crippen MR) is 54.6 cm³/mol. The number of esters is 1. The smallest absolute Gasteiger partial charge is 0.323 e. The molecule has 1 N–H and O–H groups in total. The highest BCUT2D eigenvalue weighted by atomic mass is 16.5. The summed E-state index contributed by atoms with van der Waals surface area (Å²) in [5.74, 6) is 2.91. The third kappa shape index (κ3) is 3.39. The van der Waals surface area contributed by atoms with E-state index >= 15 is 0 Å². The molecule has 1 rings (SSSR count). The van der Waals surface area contributed by atoms with Crippen molar-refractivity contribution < 1.29 is 9.53 Å². The molecule has 1 aliphatic carbocycles. The summed E-state index contributed by atoms with van der Waals surface area (Å²) in [6.07, 6.45) is 9.06. The molecule has 1 saturated carbocycles. The minimum absolute atomic E-state index is 0.113. The summed E-state index contributed by atoms with van der Waals surface area (Å²) in [6.45, 7) is 0.792. The molecular formula is C11H17NO2. The molecule has 0 aromatic carbocycles. The lowest BCUT2D eigenvalue weighted by atomic mass is 10.2. The Morgan fingerprint density at radius 3 is 2.93 bits per heavy atom. The van der Waals surface area contributed by atoms with Crippen LogP contribution in [0.4, 0.5) is 0 Å². The number of terminal acetylenes is 1. The Morgan fingerprint density at radius 2 is 2.43 bits per heavy atom. The van der Waals surface area contributed by atoms with Gasteiger partial charge in [-0.25, -0.2) is 0 Å². The van der Waals surface area contributed by atoms with Crippen LogP contribution >= 0.6 is 0 Å². The summed E-state index contributed by atoms with van der Waals surface area (Å²) in [5.41, 5.74) is 0. The summed E-state index contributed by atoms with van der Waals surface area (Å²) in [4.78, 5) is 11.3. The van der Waals surface area contributed by atoms with Gasteiger partial charge in [0.25, 0.3) is 0 Å². The number of methoxy groups -OCH3 is 1. The van der Waals surface area contributed by atoms with Gasteiger partial charge in [0, 0.05) is 6.42 Å². The van der Waals surface area contributed by atoms with Crippen molar-refractivity contribution in [3.8, 4) is 12.3 Å². The second-order valence-electron chi connectivity index (χ2n) is 3.60.